The fraction of sp³-hybridized carbons (Fsp3) is 0.333. The summed E-state index contributed by atoms with van der Waals surface area (Å²) in [6, 6.07) is 7.34. The van der Waals surface area contributed by atoms with Gasteiger partial charge in [-0.3, -0.25) is 4.79 Å². The van der Waals surface area contributed by atoms with Crippen molar-refractivity contribution in [2.45, 2.75) is 18.9 Å². The number of amides is 2. The molecule has 3 rings (SSSR count). The predicted octanol–water partition coefficient (Wildman–Crippen LogP) is 3.97. The molecule has 9 heteroatoms. The molecule has 0 radical (unpaired) electrons. The Bertz CT molecular complexity index is 965. The fourth-order valence-corrected chi connectivity index (χ4v) is 3.79. The van der Waals surface area contributed by atoms with Crippen molar-refractivity contribution in [2.75, 3.05) is 33.2 Å². The molecule has 2 aromatic rings. The lowest BCUT2D eigenvalue weighted by Gasteiger charge is -2.37. The van der Waals surface area contributed by atoms with Crippen molar-refractivity contribution >= 4 is 29.3 Å². The lowest BCUT2D eigenvalue weighted by atomic mass is 9.90. The van der Waals surface area contributed by atoms with Crippen molar-refractivity contribution in [3.8, 4) is 17.2 Å². The van der Waals surface area contributed by atoms with Gasteiger partial charge >= 0.3 is 12.0 Å². The van der Waals surface area contributed by atoms with Gasteiger partial charge in [-0.05, 0) is 47.9 Å². The molecular weight excluding hydrogens is 412 g/mol. The molecule has 0 aromatic heterocycles. The summed E-state index contributed by atoms with van der Waals surface area (Å²) in [4.78, 5) is 26.2. The number of ether oxygens (including phenoxy) is 3. The number of carboxylic acid groups (broad SMARTS) is 1. The Balaban J connectivity index is 1.96. The molecule has 1 unspecified atom stereocenters. The normalized spacial score (nSPS) is 15.2. The van der Waals surface area contributed by atoms with Crippen molar-refractivity contribution < 1.29 is 28.9 Å². The highest BCUT2D eigenvalue weighted by atomic mass is 35.5. The van der Waals surface area contributed by atoms with E-state index in [9.17, 15) is 14.7 Å². The Labute approximate surface area is 179 Å². The van der Waals surface area contributed by atoms with E-state index in [-0.39, 0.29) is 6.42 Å². The molecule has 2 N–H and O–H groups in total. The number of fused-ring (bicyclic) bond motifs is 1. The Kier molecular flexibility index (Phi) is 6.56. The topological polar surface area (TPSA) is 97.3 Å². The number of carboxylic acids is 1. The lowest BCUT2D eigenvalue weighted by Crippen LogP contribution is -2.43. The van der Waals surface area contributed by atoms with Crippen LogP contribution in [0.4, 0.5) is 10.5 Å². The van der Waals surface area contributed by atoms with Crippen LogP contribution in [-0.4, -0.2) is 49.9 Å². The first-order valence-corrected chi connectivity index (χ1v) is 9.63. The average molecular weight is 435 g/mol. The van der Waals surface area contributed by atoms with Crippen molar-refractivity contribution in [3.05, 3.63) is 46.5 Å². The molecule has 1 atom stereocenters. The third-order valence-corrected chi connectivity index (χ3v) is 5.27. The highest BCUT2D eigenvalue weighted by molar-refractivity contribution is 6.31. The number of nitrogens with zero attached hydrogens (tertiary/aromatic N) is 1. The van der Waals surface area contributed by atoms with Gasteiger partial charge in [0.05, 0.1) is 39.5 Å². The van der Waals surface area contributed by atoms with E-state index in [2.05, 4.69) is 5.32 Å². The third kappa shape index (κ3) is 4.38. The van der Waals surface area contributed by atoms with Crippen LogP contribution in [0.5, 0.6) is 17.2 Å². The maximum atomic E-state index is 13.1. The molecule has 30 heavy (non-hydrogen) atoms. The minimum atomic E-state index is -1.01. The molecule has 0 saturated carbocycles. The van der Waals surface area contributed by atoms with E-state index >= 15 is 0 Å². The number of nitrogens with one attached hydrogen (secondary N) is 1. The van der Waals surface area contributed by atoms with Crippen LogP contribution < -0.4 is 19.5 Å². The third-order valence-electron chi connectivity index (χ3n) is 5.03. The monoisotopic (exact) mass is 434 g/mol. The summed E-state index contributed by atoms with van der Waals surface area (Å²) in [7, 11) is 4.54. The van der Waals surface area contributed by atoms with Gasteiger partial charge in [0.2, 0.25) is 0 Å². The highest BCUT2D eigenvalue weighted by Gasteiger charge is 2.34. The van der Waals surface area contributed by atoms with E-state index in [1.165, 1.54) is 19.1 Å². The number of anilines is 1. The number of halogens is 1. The van der Waals surface area contributed by atoms with E-state index < -0.39 is 18.0 Å². The van der Waals surface area contributed by atoms with E-state index in [1.807, 2.05) is 6.07 Å². The van der Waals surface area contributed by atoms with E-state index in [0.29, 0.717) is 40.9 Å². The van der Waals surface area contributed by atoms with Crippen molar-refractivity contribution in [2.24, 2.45) is 0 Å². The molecule has 160 valence electrons. The van der Waals surface area contributed by atoms with Gasteiger partial charge < -0.3 is 29.5 Å². The zero-order chi connectivity index (χ0) is 21.8. The molecule has 0 spiro atoms. The first kappa shape index (κ1) is 21.6. The number of methoxy groups -OCH3 is 3. The zero-order valence-electron chi connectivity index (χ0n) is 16.9. The van der Waals surface area contributed by atoms with Gasteiger partial charge in [0.15, 0.2) is 11.5 Å². The number of rotatable bonds is 6. The summed E-state index contributed by atoms with van der Waals surface area (Å²) in [5, 5.41) is 12.7. The molecule has 1 heterocycles. The maximum absolute atomic E-state index is 13.1. The molecule has 2 aromatic carbocycles. The van der Waals surface area contributed by atoms with Crippen LogP contribution in [0.2, 0.25) is 5.02 Å². The summed E-state index contributed by atoms with van der Waals surface area (Å²) < 4.78 is 16.0. The van der Waals surface area contributed by atoms with Crippen LogP contribution >= 0.6 is 11.6 Å². The number of hydrogen-bond donors (Lipinski definition) is 2. The number of carbonyl (C=O) groups is 2. The largest absolute Gasteiger partial charge is 0.495 e. The molecule has 1 aliphatic rings. The SMILES string of the molecule is COc1ccc(Cl)cc1NC(=O)N1CCc2cc(OC)c(OC)cc2C1CC(=O)O. The van der Waals surface area contributed by atoms with Crippen LogP contribution in [0, 0.1) is 0 Å². The summed E-state index contributed by atoms with van der Waals surface area (Å²) in [6.07, 6.45) is 0.300. The Morgan fingerprint density at radius 1 is 1.10 bits per heavy atom. The van der Waals surface area contributed by atoms with Gasteiger partial charge in [0.25, 0.3) is 0 Å². The molecule has 2 amide bonds. The summed E-state index contributed by atoms with van der Waals surface area (Å²) in [6.45, 7) is 0.342. The van der Waals surface area contributed by atoms with Gasteiger partial charge in [0, 0.05) is 11.6 Å². The zero-order valence-corrected chi connectivity index (χ0v) is 17.7. The molecule has 0 saturated heterocycles. The smallest absolute Gasteiger partial charge is 0.322 e. The molecule has 1 aliphatic heterocycles. The predicted molar refractivity (Wildman–Crippen MR) is 112 cm³/mol. The van der Waals surface area contributed by atoms with Gasteiger partial charge in [0.1, 0.15) is 5.75 Å². The number of hydrogen-bond acceptors (Lipinski definition) is 5. The van der Waals surface area contributed by atoms with Crippen LogP contribution in [-0.2, 0) is 11.2 Å². The second kappa shape index (κ2) is 9.13. The molecule has 0 bridgehead atoms. The number of carbonyl (C=O) groups excluding carboxylic acids is 1. The van der Waals surface area contributed by atoms with Crippen LogP contribution in [0.25, 0.3) is 0 Å². The van der Waals surface area contributed by atoms with Gasteiger partial charge in [-0.25, -0.2) is 4.79 Å². The van der Waals surface area contributed by atoms with Gasteiger partial charge in [-0.15, -0.1) is 0 Å². The minimum Gasteiger partial charge on any atom is -0.495 e. The van der Waals surface area contributed by atoms with Gasteiger partial charge in [-0.1, -0.05) is 11.6 Å². The van der Waals surface area contributed by atoms with E-state index in [4.69, 9.17) is 25.8 Å². The number of aliphatic carboxylic acids is 1. The van der Waals surface area contributed by atoms with Crippen LogP contribution in [0.3, 0.4) is 0 Å². The lowest BCUT2D eigenvalue weighted by molar-refractivity contribution is -0.138. The summed E-state index contributed by atoms with van der Waals surface area (Å²) in [5.41, 5.74) is 2.04. The fourth-order valence-electron chi connectivity index (χ4n) is 3.62. The van der Waals surface area contributed by atoms with E-state index in [1.54, 1.807) is 31.4 Å². The average Bonchev–Trinajstić information content (AvgIpc) is 2.72. The summed E-state index contributed by atoms with van der Waals surface area (Å²) in [5.74, 6) is 0.476. The second-order valence-corrected chi connectivity index (χ2v) is 7.17. The molecule has 0 fully saturated rings. The summed E-state index contributed by atoms with van der Waals surface area (Å²) >= 11 is 6.05. The van der Waals surface area contributed by atoms with Crippen molar-refractivity contribution in [1.82, 2.24) is 4.90 Å². The maximum Gasteiger partial charge on any atom is 0.322 e. The Hall–Kier alpha value is -3.13. The highest BCUT2D eigenvalue weighted by Crippen LogP contribution is 2.40. The Morgan fingerprint density at radius 2 is 1.77 bits per heavy atom. The van der Waals surface area contributed by atoms with Crippen LogP contribution in [0.15, 0.2) is 30.3 Å². The van der Waals surface area contributed by atoms with Crippen LogP contribution in [0.1, 0.15) is 23.6 Å². The number of urea groups is 1. The van der Waals surface area contributed by atoms with Crippen molar-refractivity contribution in [1.29, 1.82) is 0 Å². The quantitative estimate of drug-likeness (QED) is 0.713. The first-order valence-electron chi connectivity index (χ1n) is 9.25. The Morgan fingerprint density at radius 3 is 2.40 bits per heavy atom. The van der Waals surface area contributed by atoms with Gasteiger partial charge in [-0.2, -0.15) is 0 Å². The molecule has 8 nitrogen and oxygen atoms in total. The molecular formula is C21H23ClN2O6. The number of benzene rings is 2. The van der Waals surface area contributed by atoms with Crippen molar-refractivity contribution in [3.63, 3.8) is 0 Å². The second-order valence-electron chi connectivity index (χ2n) is 6.74. The van der Waals surface area contributed by atoms with E-state index in [0.717, 1.165) is 11.1 Å². The molecule has 0 aliphatic carbocycles. The standard InChI is InChI=1S/C21H23ClN2O6/c1-28-17-5-4-13(22)9-15(17)23-21(27)24-7-6-12-8-18(29-2)19(30-3)10-14(12)16(24)11-20(25)26/h4-5,8-10,16H,6-7,11H2,1-3H3,(H,23,27)(H,25,26). The first-order chi connectivity index (χ1) is 14.4. The minimum absolute atomic E-state index is 0.247.